The van der Waals surface area contributed by atoms with Crippen molar-refractivity contribution in [2.24, 2.45) is 0 Å². The van der Waals surface area contributed by atoms with E-state index in [4.69, 9.17) is 9.84 Å². The highest BCUT2D eigenvalue weighted by Crippen LogP contribution is 2.28. The van der Waals surface area contributed by atoms with Crippen molar-refractivity contribution in [1.29, 1.82) is 0 Å². The van der Waals surface area contributed by atoms with Crippen molar-refractivity contribution >= 4 is 28.8 Å². The molecule has 1 aromatic carbocycles. The number of carbonyl (C=O) groups is 1. The number of fused-ring (bicyclic) bond motifs is 1. The summed E-state index contributed by atoms with van der Waals surface area (Å²) in [7, 11) is 0. The van der Waals surface area contributed by atoms with E-state index in [9.17, 15) is 4.79 Å². The van der Waals surface area contributed by atoms with Crippen molar-refractivity contribution in [2.75, 3.05) is 19.0 Å². The number of ether oxygens (including phenoxy) is 1. The molecule has 0 aliphatic carbocycles. The highest BCUT2D eigenvalue weighted by molar-refractivity contribution is 7.99. The van der Waals surface area contributed by atoms with E-state index in [2.05, 4.69) is 16.5 Å². The molecule has 5 nitrogen and oxygen atoms in total. The molecule has 1 aromatic heterocycles. The summed E-state index contributed by atoms with van der Waals surface area (Å²) in [5, 5.41) is 9.61. The van der Waals surface area contributed by atoms with E-state index >= 15 is 0 Å². The third-order valence-corrected chi connectivity index (χ3v) is 4.08. The van der Waals surface area contributed by atoms with E-state index in [1.54, 1.807) is 0 Å². The van der Waals surface area contributed by atoms with Crippen LogP contribution in [0.3, 0.4) is 0 Å². The number of hydrogen-bond acceptors (Lipinski definition) is 4. The molecule has 0 saturated heterocycles. The Kier molecular flexibility index (Phi) is 5.25. The Bertz CT molecular complexity index is 639. The van der Waals surface area contributed by atoms with E-state index in [-0.39, 0.29) is 11.8 Å². The van der Waals surface area contributed by atoms with Crippen LogP contribution in [-0.4, -0.2) is 39.6 Å². The average Bonchev–Trinajstić information content (AvgIpc) is 2.79. The fourth-order valence-electron chi connectivity index (χ4n) is 2.20. The molecule has 0 aliphatic rings. The van der Waals surface area contributed by atoms with Crippen molar-refractivity contribution in [3.63, 3.8) is 0 Å². The number of aryl methyl sites for hydroxylation is 1. The number of thioether (sulfide) groups is 1. The zero-order valence-electron chi connectivity index (χ0n) is 12.5. The number of aromatic nitrogens is 2. The summed E-state index contributed by atoms with van der Waals surface area (Å²) >= 11 is 1.25. The van der Waals surface area contributed by atoms with Crippen LogP contribution < -0.4 is 0 Å². The summed E-state index contributed by atoms with van der Waals surface area (Å²) in [5.41, 5.74) is 3.05. The van der Waals surface area contributed by atoms with Gasteiger partial charge in [0.1, 0.15) is 0 Å². The average molecular weight is 308 g/mol. The third-order valence-electron chi connectivity index (χ3n) is 3.14. The Morgan fingerprint density at radius 1 is 1.52 bits per heavy atom. The molecule has 6 heteroatoms. The van der Waals surface area contributed by atoms with Crippen LogP contribution in [0.25, 0.3) is 11.0 Å². The van der Waals surface area contributed by atoms with Gasteiger partial charge in [-0.25, -0.2) is 4.98 Å². The number of aliphatic carboxylic acids is 1. The number of benzene rings is 1. The molecule has 0 saturated carbocycles. The standard InChI is InChI=1S/C15H20N2O3S/c1-4-20-8-11(3)17-13-6-5-10(2)7-12(13)16-15(17)21-9-14(18)19/h5-7,11H,4,8-9H2,1-3H3,(H,18,19). The van der Waals surface area contributed by atoms with Crippen LogP contribution in [-0.2, 0) is 9.53 Å². The summed E-state index contributed by atoms with van der Waals surface area (Å²) in [4.78, 5) is 15.4. The topological polar surface area (TPSA) is 64.3 Å². The summed E-state index contributed by atoms with van der Waals surface area (Å²) in [6, 6.07) is 6.20. The number of carboxylic acids is 1. The monoisotopic (exact) mass is 308 g/mol. The summed E-state index contributed by atoms with van der Waals surface area (Å²) < 4.78 is 7.57. The first-order chi connectivity index (χ1) is 10.0. The smallest absolute Gasteiger partial charge is 0.313 e. The molecule has 0 amide bonds. The van der Waals surface area contributed by atoms with Crippen LogP contribution in [0.2, 0.25) is 0 Å². The Labute approximate surface area is 128 Å². The summed E-state index contributed by atoms with van der Waals surface area (Å²) in [6.07, 6.45) is 0. The van der Waals surface area contributed by atoms with E-state index < -0.39 is 5.97 Å². The van der Waals surface area contributed by atoms with Gasteiger partial charge in [0.25, 0.3) is 0 Å². The second kappa shape index (κ2) is 6.95. The number of carboxylic acid groups (broad SMARTS) is 1. The molecule has 1 atom stereocenters. The molecule has 2 rings (SSSR count). The first-order valence-corrected chi connectivity index (χ1v) is 7.92. The van der Waals surface area contributed by atoms with Crippen LogP contribution in [0.4, 0.5) is 0 Å². The lowest BCUT2D eigenvalue weighted by atomic mass is 10.2. The second-order valence-electron chi connectivity index (χ2n) is 4.95. The molecule has 1 heterocycles. The minimum atomic E-state index is -0.841. The second-order valence-corrected chi connectivity index (χ2v) is 5.89. The zero-order valence-corrected chi connectivity index (χ0v) is 13.3. The molecule has 0 fully saturated rings. The minimum Gasteiger partial charge on any atom is -0.481 e. The Hall–Kier alpha value is -1.53. The van der Waals surface area contributed by atoms with Crippen molar-refractivity contribution in [3.05, 3.63) is 23.8 Å². The first kappa shape index (κ1) is 15.9. The fraction of sp³-hybridized carbons (Fsp3) is 0.467. The van der Waals surface area contributed by atoms with Crippen LogP contribution in [0.1, 0.15) is 25.5 Å². The summed E-state index contributed by atoms with van der Waals surface area (Å²) in [5.74, 6) is -0.837. The molecule has 0 radical (unpaired) electrons. The largest absolute Gasteiger partial charge is 0.481 e. The quantitative estimate of drug-likeness (QED) is 0.796. The van der Waals surface area contributed by atoms with Gasteiger partial charge in [-0.15, -0.1) is 0 Å². The molecule has 2 aromatic rings. The molecular formula is C15H20N2O3S. The van der Waals surface area contributed by atoms with Gasteiger partial charge < -0.3 is 14.4 Å². The van der Waals surface area contributed by atoms with Crippen LogP contribution >= 0.6 is 11.8 Å². The number of hydrogen-bond donors (Lipinski definition) is 1. The van der Waals surface area contributed by atoms with Gasteiger partial charge in [-0.05, 0) is 38.5 Å². The Balaban J connectivity index is 2.41. The van der Waals surface area contributed by atoms with Crippen molar-refractivity contribution < 1.29 is 14.6 Å². The van der Waals surface area contributed by atoms with E-state index in [0.29, 0.717) is 13.2 Å². The van der Waals surface area contributed by atoms with E-state index in [1.165, 1.54) is 11.8 Å². The number of rotatable bonds is 7. The van der Waals surface area contributed by atoms with Crippen molar-refractivity contribution in [3.8, 4) is 0 Å². The van der Waals surface area contributed by atoms with Gasteiger partial charge in [-0.3, -0.25) is 4.79 Å². The SMILES string of the molecule is CCOCC(C)n1c(SCC(=O)O)nc2cc(C)ccc21. The predicted molar refractivity (Wildman–Crippen MR) is 84.0 cm³/mol. The van der Waals surface area contributed by atoms with E-state index in [1.807, 2.05) is 32.0 Å². The third kappa shape index (κ3) is 3.77. The van der Waals surface area contributed by atoms with Gasteiger partial charge in [0, 0.05) is 6.61 Å². The fourth-order valence-corrected chi connectivity index (χ4v) is 3.04. The molecule has 114 valence electrons. The maximum atomic E-state index is 10.8. The van der Waals surface area contributed by atoms with Crippen LogP contribution in [0, 0.1) is 6.92 Å². The first-order valence-electron chi connectivity index (χ1n) is 6.93. The molecular weight excluding hydrogens is 288 g/mol. The van der Waals surface area contributed by atoms with Gasteiger partial charge in [-0.2, -0.15) is 0 Å². The normalized spacial score (nSPS) is 12.7. The van der Waals surface area contributed by atoms with Crippen LogP contribution in [0.5, 0.6) is 0 Å². The lowest BCUT2D eigenvalue weighted by molar-refractivity contribution is -0.133. The molecule has 21 heavy (non-hydrogen) atoms. The lowest BCUT2D eigenvalue weighted by Gasteiger charge is -2.17. The van der Waals surface area contributed by atoms with E-state index in [0.717, 1.165) is 21.8 Å². The molecule has 0 spiro atoms. The molecule has 1 N–H and O–H groups in total. The maximum absolute atomic E-state index is 10.8. The highest BCUT2D eigenvalue weighted by atomic mass is 32.2. The highest BCUT2D eigenvalue weighted by Gasteiger charge is 2.17. The number of imidazole rings is 1. The maximum Gasteiger partial charge on any atom is 0.313 e. The number of nitrogens with zero attached hydrogens (tertiary/aromatic N) is 2. The predicted octanol–water partition coefficient (Wildman–Crippen LogP) is 3.12. The van der Waals surface area contributed by atoms with Crippen molar-refractivity contribution in [2.45, 2.75) is 32.0 Å². The molecule has 0 bridgehead atoms. The van der Waals surface area contributed by atoms with Crippen LogP contribution in [0.15, 0.2) is 23.4 Å². The minimum absolute atomic E-state index is 0.00363. The molecule has 1 unspecified atom stereocenters. The Morgan fingerprint density at radius 3 is 2.95 bits per heavy atom. The summed E-state index contributed by atoms with van der Waals surface area (Å²) in [6.45, 7) is 7.28. The van der Waals surface area contributed by atoms with Gasteiger partial charge in [0.2, 0.25) is 0 Å². The van der Waals surface area contributed by atoms with Gasteiger partial charge in [-0.1, -0.05) is 17.8 Å². The molecule has 0 aliphatic heterocycles. The Morgan fingerprint density at radius 2 is 2.29 bits per heavy atom. The van der Waals surface area contributed by atoms with Gasteiger partial charge in [0.15, 0.2) is 5.16 Å². The zero-order chi connectivity index (χ0) is 15.4. The van der Waals surface area contributed by atoms with Crippen molar-refractivity contribution in [1.82, 2.24) is 9.55 Å². The van der Waals surface area contributed by atoms with Gasteiger partial charge in [0.05, 0.1) is 29.4 Å². The van der Waals surface area contributed by atoms with Gasteiger partial charge >= 0.3 is 5.97 Å². The lowest BCUT2D eigenvalue weighted by Crippen LogP contribution is -2.13.